The van der Waals surface area contributed by atoms with Gasteiger partial charge in [-0.1, -0.05) is 25.1 Å². The van der Waals surface area contributed by atoms with Gasteiger partial charge in [0.2, 0.25) is 0 Å². The summed E-state index contributed by atoms with van der Waals surface area (Å²) in [5.41, 5.74) is 2.41. The zero-order valence-electron chi connectivity index (χ0n) is 14.6. The number of carbonyl (C=O) groups is 1. The van der Waals surface area contributed by atoms with Gasteiger partial charge in [0.25, 0.3) is 5.56 Å². The molecular formula is C18H19N3O4. The number of esters is 1. The zero-order valence-corrected chi connectivity index (χ0v) is 14.6. The van der Waals surface area contributed by atoms with E-state index in [2.05, 4.69) is 10.1 Å². The molecule has 0 amide bonds. The average molecular weight is 341 g/mol. The minimum Gasteiger partial charge on any atom is -0.455 e. The topological polar surface area (TPSA) is 86.7 Å². The molecule has 25 heavy (non-hydrogen) atoms. The summed E-state index contributed by atoms with van der Waals surface area (Å²) in [7, 11) is 0. The minimum atomic E-state index is -0.533. The number of hydrogen-bond donors (Lipinski definition) is 0. The lowest BCUT2D eigenvalue weighted by molar-refractivity contribution is 0.0463. The van der Waals surface area contributed by atoms with Crippen molar-refractivity contribution in [3.8, 4) is 0 Å². The van der Waals surface area contributed by atoms with Crippen molar-refractivity contribution in [3.63, 3.8) is 0 Å². The van der Waals surface area contributed by atoms with Crippen molar-refractivity contribution in [2.75, 3.05) is 0 Å². The second-order valence-corrected chi connectivity index (χ2v) is 6.21. The molecule has 3 rings (SSSR count). The summed E-state index contributed by atoms with van der Waals surface area (Å²) in [6, 6.07) is 5.02. The fraction of sp³-hybridized carbons (Fsp3) is 0.333. The molecule has 130 valence electrons. The first-order chi connectivity index (χ1) is 11.9. The fourth-order valence-electron chi connectivity index (χ4n) is 2.62. The Balaban J connectivity index is 1.86. The molecule has 0 fully saturated rings. The van der Waals surface area contributed by atoms with Crippen LogP contribution in [0.5, 0.6) is 0 Å². The fourth-order valence-corrected chi connectivity index (χ4v) is 2.62. The molecular weight excluding hydrogens is 322 g/mol. The highest BCUT2D eigenvalue weighted by Gasteiger charge is 2.24. The highest BCUT2D eigenvalue weighted by Crippen LogP contribution is 2.23. The number of carbonyl (C=O) groups excluding carboxylic acids is 1. The maximum atomic E-state index is 12.4. The quantitative estimate of drug-likeness (QED) is 0.678. The Bertz CT molecular complexity index is 1000. The van der Waals surface area contributed by atoms with Gasteiger partial charge < -0.3 is 9.26 Å². The zero-order chi connectivity index (χ0) is 18.1. The SMILES string of the molecule is Cc1noc(C(C)C)c1C(=O)OCc1cc(=O)n2cccc(C)c2n1. The van der Waals surface area contributed by atoms with Crippen LogP contribution in [0.25, 0.3) is 5.65 Å². The van der Waals surface area contributed by atoms with E-state index in [0.29, 0.717) is 28.4 Å². The number of hydrogen-bond acceptors (Lipinski definition) is 6. The second kappa shape index (κ2) is 6.51. The molecule has 0 aliphatic rings. The lowest BCUT2D eigenvalue weighted by Crippen LogP contribution is -2.17. The standard InChI is InChI=1S/C18H19N3O4/c1-10(2)16-15(12(4)20-25-16)18(23)24-9-13-8-14(22)21-7-5-6-11(3)17(21)19-13/h5-8,10H,9H2,1-4H3. The first-order valence-corrected chi connectivity index (χ1v) is 7.99. The summed E-state index contributed by atoms with van der Waals surface area (Å²) < 4.78 is 12.0. The smallest absolute Gasteiger partial charge is 0.344 e. The molecule has 0 atom stereocenters. The number of nitrogens with zero attached hydrogens (tertiary/aromatic N) is 3. The molecule has 0 unspecified atom stereocenters. The van der Waals surface area contributed by atoms with E-state index < -0.39 is 5.97 Å². The van der Waals surface area contributed by atoms with Gasteiger partial charge in [0.1, 0.15) is 17.8 Å². The van der Waals surface area contributed by atoms with E-state index in [1.165, 1.54) is 10.5 Å². The largest absolute Gasteiger partial charge is 0.455 e. The van der Waals surface area contributed by atoms with Crippen molar-refractivity contribution in [3.05, 3.63) is 63.0 Å². The van der Waals surface area contributed by atoms with Gasteiger partial charge in [0.05, 0.1) is 11.4 Å². The molecule has 0 aliphatic carbocycles. The van der Waals surface area contributed by atoms with Gasteiger partial charge in [-0.05, 0) is 25.5 Å². The van der Waals surface area contributed by atoms with E-state index in [1.54, 1.807) is 19.2 Å². The molecule has 0 saturated heterocycles. The van der Waals surface area contributed by atoms with Crippen LogP contribution < -0.4 is 5.56 Å². The van der Waals surface area contributed by atoms with Crippen molar-refractivity contribution < 1.29 is 14.1 Å². The number of pyridine rings is 1. The number of ether oxygens (including phenoxy) is 1. The van der Waals surface area contributed by atoms with Gasteiger partial charge in [-0.2, -0.15) is 0 Å². The lowest BCUT2D eigenvalue weighted by atomic mass is 10.1. The van der Waals surface area contributed by atoms with E-state index >= 15 is 0 Å². The Hall–Kier alpha value is -2.96. The van der Waals surface area contributed by atoms with Gasteiger partial charge in [-0.25, -0.2) is 9.78 Å². The molecule has 0 spiro atoms. The van der Waals surface area contributed by atoms with E-state index in [9.17, 15) is 9.59 Å². The number of aryl methyl sites for hydroxylation is 2. The van der Waals surface area contributed by atoms with Crippen molar-refractivity contribution in [1.29, 1.82) is 0 Å². The van der Waals surface area contributed by atoms with E-state index in [0.717, 1.165) is 5.56 Å². The monoisotopic (exact) mass is 341 g/mol. The second-order valence-electron chi connectivity index (χ2n) is 6.21. The van der Waals surface area contributed by atoms with Gasteiger partial charge in [-0.3, -0.25) is 9.20 Å². The van der Waals surface area contributed by atoms with Gasteiger partial charge in [-0.15, -0.1) is 0 Å². The third-order valence-electron chi connectivity index (χ3n) is 3.91. The Morgan fingerprint density at radius 2 is 2.12 bits per heavy atom. The van der Waals surface area contributed by atoms with Crippen LogP contribution in [-0.4, -0.2) is 20.5 Å². The Kier molecular flexibility index (Phi) is 4.39. The van der Waals surface area contributed by atoms with Crippen LogP contribution in [0.1, 0.15) is 52.8 Å². The van der Waals surface area contributed by atoms with E-state index in [1.807, 2.05) is 26.8 Å². The van der Waals surface area contributed by atoms with Gasteiger partial charge in [0, 0.05) is 18.2 Å². The van der Waals surface area contributed by atoms with Gasteiger partial charge >= 0.3 is 5.97 Å². The Labute approximate surface area is 144 Å². The predicted molar refractivity (Wildman–Crippen MR) is 90.6 cm³/mol. The summed E-state index contributed by atoms with van der Waals surface area (Å²) >= 11 is 0. The minimum absolute atomic E-state index is 0.00911. The molecule has 7 heteroatoms. The Morgan fingerprint density at radius 1 is 1.36 bits per heavy atom. The Morgan fingerprint density at radius 3 is 2.84 bits per heavy atom. The van der Waals surface area contributed by atoms with Crippen LogP contribution in [0.2, 0.25) is 0 Å². The third kappa shape index (κ3) is 3.17. The highest BCUT2D eigenvalue weighted by molar-refractivity contribution is 5.91. The summed E-state index contributed by atoms with van der Waals surface area (Å²) in [5.74, 6) is -0.0334. The number of fused-ring (bicyclic) bond motifs is 1. The lowest BCUT2D eigenvalue weighted by Gasteiger charge is -2.08. The average Bonchev–Trinajstić information content (AvgIpc) is 2.95. The molecule has 0 radical (unpaired) electrons. The number of aromatic nitrogens is 3. The molecule has 0 bridgehead atoms. The summed E-state index contributed by atoms with van der Waals surface area (Å²) in [4.78, 5) is 29.0. The molecule has 0 aromatic carbocycles. The van der Waals surface area contributed by atoms with Crippen molar-refractivity contribution in [1.82, 2.24) is 14.5 Å². The van der Waals surface area contributed by atoms with Crippen molar-refractivity contribution in [2.24, 2.45) is 0 Å². The van der Waals surface area contributed by atoms with Crippen LogP contribution in [0.3, 0.4) is 0 Å². The summed E-state index contributed by atoms with van der Waals surface area (Å²) in [6.45, 7) is 7.28. The van der Waals surface area contributed by atoms with Gasteiger partial charge in [0.15, 0.2) is 5.76 Å². The predicted octanol–water partition coefficient (Wildman–Crippen LogP) is 2.78. The van der Waals surface area contributed by atoms with Crippen molar-refractivity contribution >= 4 is 11.6 Å². The van der Waals surface area contributed by atoms with E-state index in [4.69, 9.17) is 9.26 Å². The summed E-state index contributed by atoms with van der Waals surface area (Å²) in [5, 5.41) is 3.84. The first-order valence-electron chi connectivity index (χ1n) is 7.99. The molecule has 0 aliphatic heterocycles. The maximum Gasteiger partial charge on any atom is 0.344 e. The first kappa shape index (κ1) is 16.9. The third-order valence-corrected chi connectivity index (χ3v) is 3.91. The molecule has 0 N–H and O–H groups in total. The van der Waals surface area contributed by atoms with Crippen LogP contribution in [0, 0.1) is 13.8 Å². The van der Waals surface area contributed by atoms with Crippen LogP contribution in [0.15, 0.2) is 33.7 Å². The highest BCUT2D eigenvalue weighted by atomic mass is 16.5. The summed E-state index contributed by atoms with van der Waals surface area (Å²) in [6.07, 6.45) is 1.66. The molecule has 3 aromatic heterocycles. The normalized spacial score (nSPS) is 11.2. The molecule has 3 heterocycles. The molecule has 0 saturated carbocycles. The maximum absolute atomic E-state index is 12.4. The van der Waals surface area contributed by atoms with Crippen LogP contribution in [-0.2, 0) is 11.3 Å². The van der Waals surface area contributed by atoms with Crippen molar-refractivity contribution in [2.45, 2.75) is 40.2 Å². The molecule has 7 nitrogen and oxygen atoms in total. The molecule has 3 aromatic rings. The van der Waals surface area contributed by atoms with Crippen LogP contribution >= 0.6 is 0 Å². The number of rotatable bonds is 4. The van der Waals surface area contributed by atoms with E-state index in [-0.39, 0.29) is 18.1 Å². The van der Waals surface area contributed by atoms with Crippen LogP contribution in [0.4, 0.5) is 0 Å².